The maximum atomic E-state index is 10.4. The lowest BCUT2D eigenvalue weighted by Crippen LogP contribution is -2.04. The third-order valence-corrected chi connectivity index (χ3v) is 4.81. The highest BCUT2D eigenvalue weighted by Gasteiger charge is 2.21. The molecule has 0 unspecified atom stereocenters. The number of carboxylic acid groups (broad SMARTS) is 1. The molecule has 1 N–H and O–H groups in total. The van der Waals surface area contributed by atoms with Gasteiger partial charge in [0.1, 0.15) is 5.02 Å². The van der Waals surface area contributed by atoms with Crippen molar-refractivity contribution in [3.8, 4) is 5.75 Å². The monoisotopic (exact) mass is 396 g/mol. The summed E-state index contributed by atoms with van der Waals surface area (Å²) in [5.74, 6) is -0.137. The summed E-state index contributed by atoms with van der Waals surface area (Å²) in [5, 5.41) is 8.69. The number of carbonyl (C=O) groups is 1. The zero-order valence-corrected chi connectivity index (χ0v) is 12.1. The first-order valence-electron chi connectivity index (χ1n) is 3.28. The average Bonchev–Trinajstić information content (AvgIpc) is 2.18. The summed E-state index contributed by atoms with van der Waals surface area (Å²) in [6.07, 6.45) is -1.51. The molecule has 1 rings (SSSR count). The molecular formula is C7HBr2Cl3O3. The van der Waals surface area contributed by atoms with Crippen LogP contribution in [-0.2, 0) is 0 Å². The van der Waals surface area contributed by atoms with Gasteiger partial charge in [0.2, 0.25) is 0 Å². The van der Waals surface area contributed by atoms with E-state index in [4.69, 9.17) is 39.9 Å². The van der Waals surface area contributed by atoms with Crippen LogP contribution in [0.4, 0.5) is 4.79 Å². The Kier molecular flexibility index (Phi) is 4.55. The van der Waals surface area contributed by atoms with Gasteiger partial charge in [0.25, 0.3) is 0 Å². The molecule has 0 heterocycles. The number of halogens is 5. The van der Waals surface area contributed by atoms with Gasteiger partial charge in [-0.2, -0.15) is 0 Å². The van der Waals surface area contributed by atoms with Gasteiger partial charge in [-0.25, -0.2) is 4.79 Å². The zero-order chi connectivity index (χ0) is 11.7. The molecule has 0 fully saturated rings. The van der Waals surface area contributed by atoms with Gasteiger partial charge in [0.05, 0.1) is 19.0 Å². The molecule has 82 valence electrons. The van der Waals surface area contributed by atoms with E-state index in [0.717, 1.165) is 0 Å². The van der Waals surface area contributed by atoms with Crippen molar-refractivity contribution in [3.63, 3.8) is 0 Å². The summed E-state index contributed by atoms with van der Waals surface area (Å²) in [7, 11) is 0. The van der Waals surface area contributed by atoms with Gasteiger partial charge >= 0.3 is 6.16 Å². The molecule has 0 aliphatic heterocycles. The fraction of sp³-hybridized carbons (Fsp3) is 0. The normalized spacial score (nSPS) is 10.2. The maximum Gasteiger partial charge on any atom is 0.511 e. The SMILES string of the molecule is O=C(O)Oc1c(Cl)c(Cl)c(Br)c(Cl)c1Br. The lowest BCUT2D eigenvalue weighted by atomic mass is 10.3. The number of ether oxygens (including phenoxy) is 1. The van der Waals surface area contributed by atoms with Crippen molar-refractivity contribution >= 4 is 72.8 Å². The van der Waals surface area contributed by atoms with Crippen molar-refractivity contribution in [1.82, 2.24) is 0 Å². The molecule has 0 aliphatic carbocycles. The Labute approximate surface area is 117 Å². The molecule has 8 heteroatoms. The van der Waals surface area contributed by atoms with Gasteiger partial charge in [-0.05, 0) is 31.9 Å². The van der Waals surface area contributed by atoms with Crippen molar-refractivity contribution in [2.24, 2.45) is 0 Å². The van der Waals surface area contributed by atoms with Gasteiger partial charge in [-0.1, -0.05) is 34.8 Å². The summed E-state index contributed by atoms with van der Waals surface area (Å²) >= 11 is 23.6. The molecule has 0 aromatic heterocycles. The average molecular weight is 399 g/mol. The van der Waals surface area contributed by atoms with Gasteiger partial charge in [0, 0.05) is 0 Å². The first-order valence-corrected chi connectivity index (χ1v) is 6.00. The van der Waals surface area contributed by atoms with Crippen molar-refractivity contribution in [2.45, 2.75) is 0 Å². The van der Waals surface area contributed by atoms with Crippen molar-refractivity contribution in [1.29, 1.82) is 0 Å². The molecule has 1 aromatic rings. The Hall–Kier alpha value is 0.320. The van der Waals surface area contributed by atoms with Crippen LogP contribution in [-0.4, -0.2) is 11.3 Å². The smallest absolute Gasteiger partial charge is 0.449 e. The van der Waals surface area contributed by atoms with Crippen LogP contribution in [0.2, 0.25) is 15.1 Å². The van der Waals surface area contributed by atoms with Gasteiger partial charge < -0.3 is 9.84 Å². The Bertz CT molecular complexity index is 407. The predicted octanol–water partition coefficient (Wildman–Crippen LogP) is 5.23. The number of rotatable bonds is 1. The Morgan fingerprint density at radius 3 is 2.07 bits per heavy atom. The molecular weight excluding hydrogens is 398 g/mol. The first kappa shape index (κ1) is 13.4. The molecule has 0 spiro atoms. The molecule has 0 saturated carbocycles. The van der Waals surface area contributed by atoms with Crippen LogP contribution in [0.5, 0.6) is 5.75 Å². The zero-order valence-electron chi connectivity index (χ0n) is 6.65. The quantitative estimate of drug-likeness (QED) is 0.305. The fourth-order valence-electron chi connectivity index (χ4n) is 0.762. The van der Waals surface area contributed by atoms with Crippen LogP contribution in [0, 0.1) is 0 Å². The standard InChI is InChI=1S/C7HBr2Cl3O3/c8-1-3(10)2(9)6(15-7(13)14)5(12)4(1)11/h(H,13,14). The molecule has 0 atom stereocenters. The summed E-state index contributed by atoms with van der Waals surface area (Å²) in [5.41, 5.74) is 0. The highest BCUT2D eigenvalue weighted by atomic mass is 79.9. The van der Waals surface area contributed by atoms with E-state index in [1.165, 1.54) is 0 Å². The molecule has 0 saturated heterocycles. The van der Waals surface area contributed by atoms with Crippen molar-refractivity contribution < 1.29 is 14.6 Å². The number of benzene rings is 1. The third kappa shape index (κ3) is 2.71. The van der Waals surface area contributed by atoms with E-state index in [9.17, 15) is 4.79 Å². The van der Waals surface area contributed by atoms with Crippen LogP contribution in [0.1, 0.15) is 0 Å². The lowest BCUT2D eigenvalue weighted by Gasteiger charge is -2.10. The maximum absolute atomic E-state index is 10.4. The van der Waals surface area contributed by atoms with Crippen LogP contribution < -0.4 is 4.74 Å². The largest absolute Gasteiger partial charge is 0.511 e. The van der Waals surface area contributed by atoms with Crippen LogP contribution >= 0.6 is 66.7 Å². The topological polar surface area (TPSA) is 46.5 Å². The lowest BCUT2D eigenvalue weighted by molar-refractivity contribution is 0.144. The van der Waals surface area contributed by atoms with E-state index in [2.05, 4.69) is 36.6 Å². The minimum atomic E-state index is -1.51. The van der Waals surface area contributed by atoms with Crippen LogP contribution in [0.15, 0.2) is 8.95 Å². The summed E-state index contributed by atoms with van der Waals surface area (Å²) in [6, 6.07) is 0. The summed E-state index contributed by atoms with van der Waals surface area (Å²) < 4.78 is 5.02. The molecule has 1 aromatic carbocycles. The van der Waals surface area contributed by atoms with Crippen molar-refractivity contribution in [2.75, 3.05) is 0 Å². The van der Waals surface area contributed by atoms with Crippen LogP contribution in [0.3, 0.4) is 0 Å². The second-order valence-corrected chi connectivity index (χ2v) is 4.99. The number of hydrogen-bond donors (Lipinski definition) is 1. The molecule has 0 amide bonds. The van der Waals surface area contributed by atoms with Gasteiger partial charge in [-0.3, -0.25) is 0 Å². The number of hydrogen-bond acceptors (Lipinski definition) is 2. The van der Waals surface area contributed by atoms with Crippen molar-refractivity contribution in [3.05, 3.63) is 24.0 Å². The van der Waals surface area contributed by atoms with Crippen LogP contribution in [0.25, 0.3) is 0 Å². The van der Waals surface area contributed by atoms with E-state index in [1.54, 1.807) is 0 Å². The van der Waals surface area contributed by atoms with E-state index in [-0.39, 0.29) is 25.3 Å². The van der Waals surface area contributed by atoms with E-state index < -0.39 is 6.16 Å². The molecule has 0 bridgehead atoms. The Morgan fingerprint density at radius 2 is 1.60 bits per heavy atom. The molecule has 0 aliphatic rings. The summed E-state index contributed by atoms with van der Waals surface area (Å²) in [4.78, 5) is 10.4. The Balaban J connectivity index is 3.45. The van der Waals surface area contributed by atoms with E-state index in [1.807, 2.05) is 0 Å². The third-order valence-electron chi connectivity index (χ3n) is 1.36. The highest BCUT2D eigenvalue weighted by Crippen LogP contribution is 2.48. The van der Waals surface area contributed by atoms with Gasteiger partial charge in [-0.15, -0.1) is 0 Å². The van der Waals surface area contributed by atoms with E-state index in [0.29, 0.717) is 4.47 Å². The molecule has 0 radical (unpaired) electrons. The minimum absolute atomic E-state index is 0.0396. The fourth-order valence-corrected chi connectivity index (χ4v) is 2.77. The Morgan fingerprint density at radius 1 is 1.07 bits per heavy atom. The van der Waals surface area contributed by atoms with E-state index >= 15 is 0 Å². The minimum Gasteiger partial charge on any atom is -0.449 e. The molecule has 3 nitrogen and oxygen atoms in total. The second-order valence-electron chi connectivity index (χ2n) is 2.27. The van der Waals surface area contributed by atoms with Gasteiger partial charge in [0.15, 0.2) is 5.75 Å². The molecule has 15 heavy (non-hydrogen) atoms. The predicted molar refractivity (Wildman–Crippen MR) is 65.5 cm³/mol. The highest BCUT2D eigenvalue weighted by molar-refractivity contribution is 9.11. The first-order chi connectivity index (χ1) is 6.86. The second kappa shape index (κ2) is 5.10. The summed E-state index contributed by atoms with van der Waals surface area (Å²) in [6.45, 7) is 0.